The van der Waals surface area contributed by atoms with Crippen LogP contribution in [0.15, 0.2) is 52.2 Å². The number of aryl methyl sites for hydroxylation is 1. The van der Waals surface area contributed by atoms with E-state index >= 15 is 0 Å². The number of rotatable bonds is 4. The molecule has 0 aliphatic carbocycles. The van der Waals surface area contributed by atoms with Gasteiger partial charge in [0.25, 0.3) is 0 Å². The lowest BCUT2D eigenvalue weighted by Crippen LogP contribution is -2.05. The number of hydrogen-bond acceptors (Lipinski definition) is 6. The number of benzene rings is 1. The molecule has 1 aromatic carbocycles. The van der Waals surface area contributed by atoms with Gasteiger partial charge in [-0.2, -0.15) is 0 Å². The van der Waals surface area contributed by atoms with Gasteiger partial charge in [-0.3, -0.25) is 9.36 Å². The summed E-state index contributed by atoms with van der Waals surface area (Å²) in [5.74, 6) is 1.35. The van der Waals surface area contributed by atoms with E-state index in [2.05, 4.69) is 10.2 Å². The lowest BCUT2D eigenvalue weighted by molar-refractivity contribution is -0.137. The molecule has 0 radical (unpaired) electrons. The van der Waals surface area contributed by atoms with Gasteiger partial charge < -0.3 is 9.15 Å². The zero-order valence-electron chi connectivity index (χ0n) is 13.0. The molecule has 6 nitrogen and oxygen atoms in total. The van der Waals surface area contributed by atoms with Crippen LogP contribution >= 0.6 is 11.8 Å². The van der Waals surface area contributed by atoms with E-state index in [1.165, 1.54) is 11.8 Å². The van der Waals surface area contributed by atoms with E-state index in [0.29, 0.717) is 13.0 Å². The number of thioether (sulfide) groups is 1. The van der Waals surface area contributed by atoms with Crippen LogP contribution in [0.3, 0.4) is 0 Å². The molecule has 3 heterocycles. The smallest absolute Gasteiger partial charge is 0.307 e. The summed E-state index contributed by atoms with van der Waals surface area (Å²) in [5, 5.41) is 9.50. The predicted molar refractivity (Wildman–Crippen MR) is 89.0 cm³/mol. The third kappa shape index (κ3) is 2.71. The molecule has 1 aliphatic heterocycles. The molecular weight excluding hydrogens is 326 g/mol. The predicted octanol–water partition coefficient (Wildman–Crippen LogP) is 3.24. The van der Waals surface area contributed by atoms with Gasteiger partial charge >= 0.3 is 5.97 Å². The molecule has 1 atom stereocenters. The molecule has 7 heteroatoms. The minimum Gasteiger partial charge on any atom is -0.469 e. The van der Waals surface area contributed by atoms with Crippen LogP contribution in [0, 0.1) is 6.92 Å². The third-order valence-electron chi connectivity index (χ3n) is 3.84. The Hall–Kier alpha value is -2.54. The molecule has 2 aromatic heterocycles. The summed E-state index contributed by atoms with van der Waals surface area (Å²) in [6.45, 7) is 2.31. The van der Waals surface area contributed by atoms with Crippen molar-refractivity contribution in [1.29, 1.82) is 0 Å². The molecule has 0 spiro atoms. The van der Waals surface area contributed by atoms with E-state index < -0.39 is 0 Å². The van der Waals surface area contributed by atoms with Gasteiger partial charge in [0.15, 0.2) is 11.0 Å². The highest BCUT2D eigenvalue weighted by Gasteiger charge is 2.28. The number of cyclic esters (lactones) is 1. The molecule has 1 saturated heterocycles. The van der Waals surface area contributed by atoms with Crippen LogP contribution in [0.2, 0.25) is 0 Å². The van der Waals surface area contributed by atoms with Crippen LogP contribution < -0.4 is 0 Å². The second kappa shape index (κ2) is 6.16. The number of furan rings is 1. The Kier molecular flexibility index (Phi) is 3.86. The van der Waals surface area contributed by atoms with Crippen molar-refractivity contribution in [2.75, 3.05) is 6.61 Å². The quantitative estimate of drug-likeness (QED) is 0.679. The molecule has 0 bridgehead atoms. The average molecular weight is 341 g/mol. The highest BCUT2D eigenvalue weighted by atomic mass is 32.2. The fraction of sp³-hybridized carbons (Fsp3) is 0.235. The monoisotopic (exact) mass is 341 g/mol. The van der Waals surface area contributed by atoms with Crippen LogP contribution in [-0.4, -0.2) is 32.6 Å². The summed E-state index contributed by atoms with van der Waals surface area (Å²) in [7, 11) is 0. The molecule has 1 fully saturated rings. The Labute approximate surface area is 142 Å². The number of hydrogen-bond donors (Lipinski definition) is 0. The largest absolute Gasteiger partial charge is 0.469 e. The van der Waals surface area contributed by atoms with E-state index in [1.54, 1.807) is 6.26 Å². The number of carbonyl (C=O) groups is 1. The normalized spacial score (nSPS) is 17.2. The van der Waals surface area contributed by atoms with Gasteiger partial charge in [0, 0.05) is 5.69 Å². The maximum Gasteiger partial charge on any atom is 0.307 e. The van der Waals surface area contributed by atoms with Gasteiger partial charge in [-0.15, -0.1) is 10.2 Å². The van der Waals surface area contributed by atoms with Crippen LogP contribution in [0.25, 0.3) is 17.1 Å². The summed E-state index contributed by atoms with van der Waals surface area (Å²) in [5.41, 5.74) is 1.86. The van der Waals surface area contributed by atoms with E-state index in [4.69, 9.17) is 9.15 Å². The van der Waals surface area contributed by atoms with E-state index in [0.717, 1.165) is 28.0 Å². The summed E-state index contributed by atoms with van der Waals surface area (Å²) in [6.07, 6.45) is 2.04. The molecule has 0 amide bonds. The first kappa shape index (κ1) is 15.0. The number of aromatic nitrogens is 3. The number of esters is 1. The first-order valence-corrected chi connectivity index (χ1v) is 8.48. The van der Waals surface area contributed by atoms with E-state index in [9.17, 15) is 4.79 Å². The van der Waals surface area contributed by atoms with Crippen molar-refractivity contribution in [2.45, 2.75) is 23.8 Å². The fourth-order valence-corrected chi connectivity index (χ4v) is 3.70. The molecule has 0 N–H and O–H groups in total. The standard InChI is InChI=1S/C17H15N3O3S/c1-11-14(7-8-22-11)16-18-19-17(24-13-9-15(21)23-10-13)20(16)12-5-3-2-4-6-12/h2-8,13H,9-10H2,1H3/t13-/m1/s1. The molecule has 0 saturated carbocycles. The number of nitrogens with zero attached hydrogens (tertiary/aromatic N) is 3. The number of carbonyl (C=O) groups excluding carboxylic acids is 1. The van der Waals surface area contributed by atoms with Crippen LogP contribution in [0.1, 0.15) is 12.2 Å². The van der Waals surface area contributed by atoms with Crippen molar-refractivity contribution in [2.24, 2.45) is 0 Å². The second-order valence-corrected chi connectivity index (χ2v) is 6.76. The van der Waals surface area contributed by atoms with Gasteiger partial charge in [0.1, 0.15) is 12.4 Å². The maximum atomic E-state index is 11.3. The Balaban J connectivity index is 1.78. The first-order chi connectivity index (χ1) is 11.7. The van der Waals surface area contributed by atoms with Crippen LogP contribution in [-0.2, 0) is 9.53 Å². The summed E-state index contributed by atoms with van der Waals surface area (Å²) in [4.78, 5) is 11.3. The van der Waals surface area contributed by atoms with Gasteiger partial charge in [0.2, 0.25) is 0 Å². The van der Waals surface area contributed by atoms with Crippen molar-refractivity contribution in [3.8, 4) is 17.1 Å². The van der Waals surface area contributed by atoms with Crippen molar-refractivity contribution in [3.05, 3.63) is 48.4 Å². The summed E-state index contributed by atoms with van der Waals surface area (Å²) < 4.78 is 12.5. The van der Waals surface area contributed by atoms with Crippen molar-refractivity contribution < 1.29 is 13.9 Å². The van der Waals surface area contributed by atoms with Gasteiger partial charge in [-0.25, -0.2) is 0 Å². The van der Waals surface area contributed by atoms with Gasteiger partial charge in [0.05, 0.1) is 23.5 Å². The average Bonchev–Trinajstić information content (AvgIpc) is 3.29. The molecule has 1 aliphatic rings. The van der Waals surface area contributed by atoms with Gasteiger partial charge in [-0.05, 0) is 25.1 Å². The second-order valence-electron chi connectivity index (χ2n) is 5.49. The van der Waals surface area contributed by atoms with Crippen LogP contribution in [0.4, 0.5) is 0 Å². The Morgan fingerprint density at radius 2 is 2.04 bits per heavy atom. The SMILES string of the molecule is Cc1occc1-c1nnc(S[C@H]2COC(=O)C2)n1-c1ccccc1. The molecule has 24 heavy (non-hydrogen) atoms. The van der Waals surface area contributed by atoms with Crippen molar-refractivity contribution in [1.82, 2.24) is 14.8 Å². The summed E-state index contributed by atoms with van der Waals surface area (Å²) in [6, 6.07) is 11.8. The zero-order valence-corrected chi connectivity index (χ0v) is 13.8. The minimum absolute atomic E-state index is 0.0578. The maximum absolute atomic E-state index is 11.3. The van der Waals surface area contributed by atoms with E-state index in [1.807, 2.05) is 47.9 Å². The van der Waals surface area contributed by atoms with Gasteiger partial charge in [-0.1, -0.05) is 30.0 Å². The lowest BCUT2D eigenvalue weighted by atomic mass is 10.2. The van der Waals surface area contributed by atoms with Crippen LogP contribution in [0.5, 0.6) is 0 Å². The molecule has 0 unspecified atom stereocenters. The Morgan fingerprint density at radius 1 is 1.21 bits per heavy atom. The Morgan fingerprint density at radius 3 is 2.71 bits per heavy atom. The highest BCUT2D eigenvalue weighted by Crippen LogP contribution is 2.34. The molecule has 4 rings (SSSR count). The molecule has 122 valence electrons. The van der Waals surface area contributed by atoms with Crippen molar-refractivity contribution >= 4 is 17.7 Å². The first-order valence-electron chi connectivity index (χ1n) is 7.60. The van der Waals surface area contributed by atoms with E-state index in [-0.39, 0.29) is 11.2 Å². The Bertz CT molecular complexity index is 872. The number of para-hydroxylation sites is 1. The lowest BCUT2D eigenvalue weighted by Gasteiger charge is -2.11. The zero-order chi connectivity index (χ0) is 16.5. The number of ether oxygens (including phenoxy) is 1. The third-order valence-corrected chi connectivity index (χ3v) is 4.96. The highest BCUT2D eigenvalue weighted by molar-refractivity contribution is 7.99. The summed E-state index contributed by atoms with van der Waals surface area (Å²) >= 11 is 1.51. The minimum atomic E-state index is -0.163. The van der Waals surface area contributed by atoms with Crippen molar-refractivity contribution in [3.63, 3.8) is 0 Å². The fourth-order valence-electron chi connectivity index (χ4n) is 2.66. The topological polar surface area (TPSA) is 70.2 Å². The molecule has 3 aromatic rings. The molecular formula is C17H15N3O3S.